The Morgan fingerprint density at radius 2 is 1.86 bits per heavy atom. The normalized spacial score (nSPS) is 12.2. The summed E-state index contributed by atoms with van der Waals surface area (Å²) in [7, 11) is 0. The number of halogens is 3. The zero-order chi connectivity index (χ0) is 15.4. The van der Waals surface area contributed by atoms with Crippen LogP contribution in [0.4, 0.5) is 13.2 Å². The van der Waals surface area contributed by atoms with Gasteiger partial charge in [0.2, 0.25) is 5.82 Å². The molecular formula is C16H16F3NO. The van der Waals surface area contributed by atoms with Gasteiger partial charge in [0.05, 0.1) is 0 Å². The van der Waals surface area contributed by atoms with Gasteiger partial charge >= 0.3 is 0 Å². The van der Waals surface area contributed by atoms with E-state index < -0.39 is 17.5 Å². The molecule has 5 heteroatoms. The molecule has 21 heavy (non-hydrogen) atoms. The summed E-state index contributed by atoms with van der Waals surface area (Å²) in [5.41, 5.74) is 6.38. The molecule has 0 fully saturated rings. The van der Waals surface area contributed by atoms with Crippen LogP contribution < -0.4 is 10.5 Å². The van der Waals surface area contributed by atoms with Gasteiger partial charge in [-0.15, -0.1) is 0 Å². The summed E-state index contributed by atoms with van der Waals surface area (Å²) < 4.78 is 45.5. The summed E-state index contributed by atoms with van der Waals surface area (Å²) in [6, 6.07) is 7.37. The monoisotopic (exact) mass is 295 g/mol. The maximum Gasteiger partial charge on any atom is 0.201 e. The van der Waals surface area contributed by atoms with Gasteiger partial charge in [0, 0.05) is 6.04 Å². The van der Waals surface area contributed by atoms with E-state index >= 15 is 0 Å². The molecule has 2 N–H and O–H groups in total. The van der Waals surface area contributed by atoms with Crippen molar-refractivity contribution < 1.29 is 17.9 Å². The average molecular weight is 295 g/mol. The first-order chi connectivity index (χ1) is 10.0. The minimum Gasteiger partial charge on any atom is -0.454 e. The van der Waals surface area contributed by atoms with Crippen molar-refractivity contribution in [1.82, 2.24) is 0 Å². The maximum absolute atomic E-state index is 13.6. The summed E-state index contributed by atoms with van der Waals surface area (Å²) in [5, 5.41) is 0. The van der Waals surface area contributed by atoms with Crippen LogP contribution in [0.25, 0.3) is 0 Å². The van der Waals surface area contributed by atoms with Crippen molar-refractivity contribution in [1.29, 1.82) is 0 Å². The Labute approximate surface area is 121 Å². The lowest BCUT2D eigenvalue weighted by Crippen LogP contribution is -2.21. The Kier molecular flexibility index (Phi) is 4.85. The zero-order valence-corrected chi connectivity index (χ0v) is 11.6. The van der Waals surface area contributed by atoms with Gasteiger partial charge < -0.3 is 10.5 Å². The van der Waals surface area contributed by atoms with E-state index in [1.807, 2.05) is 6.92 Å². The van der Waals surface area contributed by atoms with Crippen molar-refractivity contribution in [2.45, 2.75) is 25.8 Å². The molecule has 0 heterocycles. The molecule has 0 radical (unpaired) electrons. The first kappa shape index (κ1) is 15.4. The molecule has 0 aliphatic heterocycles. The molecule has 0 amide bonds. The molecule has 0 saturated heterocycles. The van der Waals surface area contributed by atoms with Crippen molar-refractivity contribution >= 4 is 0 Å². The number of nitrogens with two attached hydrogens (primary N) is 1. The second kappa shape index (κ2) is 6.63. The van der Waals surface area contributed by atoms with Crippen LogP contribution in [0.5, 0.6) is 11.5 Å². The highest BCUT2D eigenvalue weighted by Gasteiger charge is 2.14. The molecule has 0 saturated carbocycles. The van der Waals surface area contributed by atoms with Gasteiger partial charge in [-0.05, 0) is 48.7 Å². The Hall–Kier alpha value is -2.01. The molecule has 2 aromatic rings. The second-order valence-corrected chi connectivity index (χ2v) is 4.78. The summed E-state index contributed by atoms with van der Waals surface area (Å²) in [6.07, 6.45) is 1.10. The number of hydrogen-bond acceptors (Lipinski definition) is 2. The lowest BCUT2D eigenvalue weighted by atomic mass is 10.0. The molecule has 2 nitrogen and oxygen atoms in total. The molecule has 2 rings (SSSR count). The average Bonchev–Trinajstić information content (AvgIpc) is 2.46. The highest BCUT2D eigenvalue weighted by molar-refractivity contribution is 5.39. The van der Waals surface area contributed by atoms with Crippen LogP contribution in [0, 0.1) is 17.5 Å². The third kappa shape index (κ3) is 3.76. The summed E-state index contributed by atoms with van der Waals surface area (Å²) >= 11 is 0. The van der Waals surface area contributed by atoms with E-state index in [1.165, 1.54) is 30.3 Å². The fourth-order valence-electron chi connectivity index (χ4n) is 1.92. The van der Waals surface area contributed by atoms with E-state index in [0.717, 1.165) is 6.07 Å². The van der Waals surface area contributed by atoms with E-state index in [2.05, 4.69) is 0 Å². The van der Waals surface area contributed by atoms with Crippen molar-refractivity contribution in [3.8, 4) is 11.5 Å². The van der Waals surface area contributed by atoms with E-state index in [1.54, 1.807) is 0 Å². The number of hydrogen-bond donors (Lipinski definition) is 1. The van der Waals surface area contributed by atoms with Gasteiger partial charge in [-0.3, -0.25) is 0 Å². The maximum atomic E-state index is 13.6. The smallest absolute Gasteiger partial charge is 0.201 e. The topological polar surface area (TPSA) is 35.2 Å². The summed E-state index contributed by atoms with van der Waals surface area (Å²) in [4.78, 5) is 0. The third-order valence-corrected chi connectivity index (χ3v) is 3.17. The first-order valence-electron chi connectivity index (χ1n) is 6.67. The molecule has 112 valence electrons. The Bertz CT molecular complexity index is 631. The van der Waals surface area contributed by atoms with Gasteiger partial charge in [-0.1, -0.05) is 13.0 Å². The highest BCUT2D eigenvalue weighted by atomic mass is 19.2. The largest absolute Gasteiger partial charge is 0.454 e. The van der Waals surface area contributed by atoms with Crippen molar-refractivity contribution in [3.05, 3.63) is 59.4 Å². The van der Waals surface area contributed by atoms with Crippen LogP contribution in [0.15, 0.2) is 36.4 Å². The first-order valence-corrected chi connectivity index (χ1v) is 6.67. The van der Waals surface area contributed by atoms with Crippen LogP contribution in [-0.2, 0) is 6.42 Å². The van der Waals surface area contributed by atoms with Gasteiger partial charge in [-0.25, -0.2) is 8.78 Å². The van der Waals surface area contributed by atoms with Crippen LogP contribution in [0.2, 0.25) is 0 Å². The predicted octanol–water partition coefficient (Wildman–Crippen LogP) is 4.18. The molecular weight excluding hydrogens is 279 g/mol. The van der Waals surface area contributed by atoms with Gasteiger partial charge in [0.1, 0.15) is 11.6 Å². The van der Waals surface area contributed by atoms with Crippen molar-refractivity contribution in [2.24, 2.45) is 5.73 Å². The zero-order valence-electron chi connectivity index (χ0n) is 11.6. The SMILES string of the molecule is CCC(N)Cc1cc(F)ccc1Oc1cccc(F)c1F. The van der Waals surface area contributed by atoms with E-state index in [0.29, 0.717) is 18.4 Å². The Morgan fingerprint density at radius 3 is 2.57 bits per heavy atom. The lowest BCUT2D eigenvalue weighted by Gasteiger charge is -2.14. The Morgan fingerprint density at radius 1 is 1.10 bits per heavy atom. The van der Waals surface area contributed by atoms with Gasteiger partial charge in [0.15, 0.2) is 11.6 Å². The number of ether oxygens (including phenoxy) is 1. The van der Waals surface area contributed by atoms with Crippen LogP contribution in [-0.4, -0.2) is 6.04 Å². The van der Waals surface area contributed by atoms with E-state index in [4.69, 9.17) is 10.5 Å². The van der Waals surface area contributed by atoms with Crippen LogP contribution in [0.1, 0.15) is 18.9 Å². The summed E-state index contributed by atoms with van der Waals surface area (Å²) in [6.45, 7) is 1.91. The van der Waals surface area contributed by atoms with Crippen molar-refractivity contribution in [2.75, 3.05) is 0 Å². The molecule has 1 unspecified atom stereocenters. The number of benzene rings is 2. The lowest BCUT2D eigenvalue weighted by molar-refractivity contribution is 0.410. The van der Waals surface area contributed by atoms with Crippen molar-refractivity contribution in [3.63, 3.8) is 0 Å². The fraction of sp³-hybridized carbons (Fsp3) is 0.250. The standard InChI is InChI=1S/C16H16F3NO/c1-2-12(20)9-10-8-11(17)6-7-14(10)21-15-5-3-4-13(18)16(15)19/h3-8,12H,2,9,20H2,1H3. The highest BCUT2D eigenvalue weighted by Crippen LogP contribution is 2.29. The molecule has 0 aromatic heterocycles. The third-order valence-electron chi connectivity index (χ3n) is 3.17. The number of rotatable bonds is 5. The molecule has 2 aromatic carbocycles. The van der Waals surface area contributed by atoms with Gasteiger partial charge in [0.25, 0.3) is 0 Å². The molecule has 1 atom stereocenters. The summed E-state index contributed by atoms with van der Waals surface area (Å²) in [5.74, 6) is -2.48. The molecule has 0 bridgehead atoms. The molecule has 0 aliphatic rings. The predicted molar refractivity (Wildman–Crippen MR) is 74.8 cm³/mol. The Balaban J connectivity index is 2.33. The van der Waals surface area contributed by atoms with Crippen LogP contribution >= 0.6 is 0 Å². The fourth-order valence-corrected chi connectivity index (χ4v) is 1.92. The van der Waals surface area contributed by atoms with E-state index in [-0.39, 0.29) is 17.5 Å². The van der Waals surface area contributed by atoms with Crippen LogP contribution in [0.3, 0.4) is 0 Å². The van der Waals surface area contributed by atoms with E-state index in [9.17, 15) is 13.2 Å². The molecule has 0 aliphatic carbocycles. The van der Waals surface area contributed by atoms with Gasteiger partial charge in [-0.2, -0.15) is 4.39 Å². The minimum absolute atomic E-state index is 0.161. The molecule has 0 spiro atoms. The second-order valence-electron chi connectivity index (χ2n) is 4.78. The minimum atomic E-state index is -1.08. The quantitative estimate of drug-likeness (QED) is 0.898.